The fourth-order valence-corrected chi connectivity index (χ4v) is 2.99. The molecule has 4 nitrogen and oxygen atoms in total. The first kappa shape index (κ1) is 16.4. The predicted octanol–water partition coefficient (Wildman–Crippen LogP) is 1.43. The van der Waals surface area contributed by atoms with Gasteiger partial charge in [0.1, 0.15) is 0 Å². The molecule has 1 aromatic rings. The zero-order chi connectivity index (χ0) is 12.4. The fourth-order valence-electron chi connectivity index (χ4n) is 1.32. The van der Waals surface area contributed by atoms with Crippen molar-refractivity contribution in [2.24, 2.45) is 5.73 Å². The minimum Gasteiger partial charge on any atom is -0.329 e. The minimum atomic E-state index is -3.49. The molecule has 1 aromatic carbocycles. The van der Waals surface area contributed by atoms with Crippen molar-refractivity contribution in [3.63, 3.8) is 0 Å². The summed E-state index contributed by atoms with van der Waals surface area (Å²) in [6.07, 6.45) is 0. The highest BCUT2D eigenvalue weighted by Gasteiger charge is 2.25. The minimum absolute atomic E-state index is 0. The first-order valence-electron chi connectivity index (χ1n) is 5.08. The van der Waals surface area contributed by atoms with Crippen LogP contribution in [0.2, 0.25) is 0 Å². The summed E-state index contributed by atoms with van der Waals surface area (Å²) in [5, 5.41) is 0. The highest BCUT2D eigenvalue weighted by Crippen LogP contribution is 2.16. The summed E-state index contributed by atoms with van der Waals surface area (Å²) in [5.74, 6) is 0. The summed E-state index contributed by atoms with van der Waals surface area (Å²) < 4.78 is 26.7. The van der Waals surface area contributed by atoms with Crippen LogP contribution in [-0.4, -0.2) is 20.5 Å². The average molecular weight is 279 g/mol. The molecule has 0 amide bonds. The van der Waals surface area contributed by atoms with Crippen LogP contribution < -0.4 is 10.5 Å². The van der Waals surface area contributed by atoms with E-state index in [1.54, 1.807) is 39.0 Å². The molecule has 0 fully saturated rings. The van der Waals surface area contributed by atoms with E-state index in [-0.39, 0.29) is 19.0 Å². The molecular formula is C11H19ClN2O2S. The predicted molar refractivity (Wildman–Crippen MR) is 71.9 cm³/mol. The van der Waals surface area contributed by atoms with Crippen LogP contribution in [0.1, 0.15) is 19.4 Å². The normalized spacial score (nSPS) is 12.0. The Hall–Kier alpha value is -0.620. The SMILES string of the molecule is Cc1ccccc1S(=O)(=O)NC(C)(C)CN.Cl. The Morgan fingerprint density at radius 1 is 1.29 bits per heavy atom. The van der Waals surface area contributed by atoms with Gasteiger partial charge in [-0.3, -0.25) is 0 Å². The fraction of sp³-hybridized carbons (Fsp3) is 0.455. The van der Waals surface area contributed by atoms with E-state index in [0.29, 0.717) is 4.90 Å². The number of rotatable bonds is 4. The maximum absolute atomic E-state index is 12.1. The molecule has 0 aliphatic heterocycles. The van der Waals surface area contributed by atoms with Gasteiger partial charge in [-0.05, 0) is 32.4 Å². The Bertz CT molecular complexity index is 472. The molecule has 3 N–H and O–H groups in total. The number of nitrogens with one attached hydrogen (secondary N) is 1. The van der Waals surface area contributed by atoms with Gasteiger partial charge in [-0.15, -0.1) is 12.4 Å². The van der Waals surface area contributed by atoms with E-state index < -0.39 is 15.6 Å². The zero-order valence-electron chi connectivity index (χ0n) is 10.2. The number of hydrogen-bond acceptors (Lipinski definition) is 3. The summed E-state index contributed by atoms with van der Waals surface area (Å²) in [7, 11) is -3.49. The Morgan fingerprint density at radius 2 is 1.82 bits per heavy atom. The number of aryl methyl sites for hydroxylation is 1. The van der Waals surface area contributed by atoms with Gasteiger partial charge in [0.2, 0.25) is 10.0 Å². The molecule has 17 heavy (non-hydrogen) atoms. The third-order valence-electron chi connectivity index (χ3n) is 2.30. The molecule has 0 saturated carbocycles. The maximum atomic E-state index is 12.1. The van der Waals surface area contributed by atoms with Gasteiger partial charge >= 0.3 is 0 Å². The molecule has 0 radical (unpaired) electrons. The van der Waals surface area contributed by atoms with Crippen molar-refractivity contribution in [1.29, 1.82) is 0 Å². The van der Waals surface area contributed by atoms with Crippen LogP contribution in [0.15, 0.2) is 29.2 Å². The van der Waals surface area contributed by atoms with Crippen molar-refractivity contribution in [2.75, 3.05) is 6.54 Å². The molecule has 0 atom stereocenters. The van der Waals surface area contributed by atoms with Gasteiger partial charge in [-0.2, -0.15) is 0 Å². The van der Waals surface area contributed by atoms with Gasteiger partial charge in [-0.25, -0.2) is 13.1 Å². The van der Waals surface area contributed by atoms with E-state index in [1.807, 2.05) is 6.07 Å². The first-order valence-corrected chi connectivity index (χ1v) is 6.56. The second-order valence-corrected chi connectivity index (χ2v) is 6.11. The van der Waals surface area contributed by atoms with Gasteiger partial charge in [0, 0.05) is 12.1 Å². The first-order chi connectivity index (χ1) is 7.28. The number of halogens is 1. The summed E-state index contributed by atoms with van der Waals surface area (Å²) in [6.45, 7) is 5.52. The monoisotopic (exact) mass is 278 g/mol. The van der Waals surface area contributed by atoms with Crippen LogP contribution in [-0.2, 0) is 10.0 Å². The number of hydrogen-bond donors (Lipinski definition) is 2. The second kappa shape index (κ2) is 5.82. The van der Waals surface area contributed by atoms with E-state index in [2.05, 4.69) is 4.72 Å². The number of nitrogens with two attached hydrogens (primary N) is 1. The quantitative estimate of drug-likeness (QED) is 0.875. The third-order valence-corrected chi connectivity index (χ3v) is 4.16. The van der Waals surface area contributed by atoms with Crippen molar-refractivity contribution in [3.8, 4) is 0 Å². The maximum Gasteiger partial charge on any atom is 0.241 e. The highest BCUT2D eigenvalue weighted by molar-refractivity contribution is 7.89. The molecule has 0 spiro atoms. The van der Waals surface area contributed by atoms with Crippen molar-refractivity contribution in [2.45, 2.75) is 31.2 Å². The van der Waals surface area contributed by atoms with Crippen LogP contribution in [0, 0.1) is 6.92 Å². The van der Waals surface area contributed by atoms with Gasteiger partial charge in [0.25, 0.3) is 0 Å². The number of sulfonamides is 1. The van der Waals surface area contributed by atoms with Crippen LogP contribution in [0.4, 0.5) is 0 Å². The largest absolute Gasteiger partial charge is 0.329 e. The van der Waals surface area contributed by atoms with Crippen LogP contribution >= 0.6 is 12.4 Å². The molecular weight excluding hydrogens is 260 g/mol. The number of benzene rings is 1. The van der Waals surface area contributed by atoms with Crippen LogP contribution in [0.25, 0.3) is 0 Å². The lowest BCUT2D eigenvalue weighted by Gasteiger charge is -2.24. The van der Waals surface area contributed by atoms with E-state index in [1.165, 1.54) is 0 Å². The summed E-state index contributed by atoms with van der Waals surface area (Å²) in [6, 6.07) is 6.87. The van der Waals surface area contributed by atoms with E-state index in [9.17, 15) is 8.42 Å². The van der Waals surface area contributed by atoms with E-state index in [4.69, 9.17) is 5.73 Å². The zero-order valence-corrected chi connectivity index (χ0v) is 11.9. The van der Waals surface area contributed by atoms with Crippen molar-refractivity contribution >= 4 is 22.4 Å². The lowest BCUT2D eigenvalue weighted by molar-refractivity contribution is 0.462. The summed E-state index contributed by atoms with van der Waals surface area (Å²) in [5.41, 5.74) is 5.59. The molecule has 0 unspecified atom stereocenters. The van der Waals surface area contributed by atoms with Gasteiger partial charge in [0.15, 0.2) is 0 Å². The standard InChI is InChI=1S/C11H18N2O2S.ClH/c1-9-6-4-5-7-10(9)16(14,15)13-11(2,3)8-12;/h4-7,13H,8,12H2,1-3H3;1H. The Balaban J connectivity index is 0.00000256. The van der Waals surface area contributed by atoms with E-state index in [0.717, 1.165) is 5.56 Å². The molecule has 1 rings (SSSR count). The lowest BCUT2D eigenvalue weighted by atomic mass is 10.1. The molecule has 98 valence electrons. The molecule has 0 aliphatic rings. The molecule has 0 aromatic heterocycles. The topological polar surface area (TPSA) is 72.2 Å². The van der Waals surface area contributed by atoms with E-state index >= 15 is 0 Å². The molecule has 0 aliphatic carbocycles. The van der Waals surface area contributed by atoms with Crippen molar-refractivity contribution < 1.29 is 8.42 Å². The Labute approximate surface area is 109 Å². The molecule has 0 bridgehead atoms. The smallest absolute Gasteiger partial charge is 0.241 e. The van der Waals surface area contributed by atoms with Crippen LogP contribution in [0.5, 0.6) is 0 Å². The molecule has 0 heterocycles. The Kier molecular flexibility index (Phi) is 5.61. The third kappa shape index (κ3) is 4.27. The van der Waals surface area contributed by atoms with Gasteiger partial charge in [-0.1, -0.05) is 18.2 Å². The summed E-state index contributed by atoms with van der Waals surface area (Å²) in [4.78, 5) is 0.302. The Morgan fingerprint density at radius 3 is 2.29 bits per heavy atom. The average Bonchev–Trinajstić information content (AvgIpc) is 2.16. The van der Waals surface area contributed by atoms with Gasteiger partial charge in [0.05, 0.1) is 4.90 Å². The lowest BCUT2D eigenvalue weighted by Crippen LogP contribution is -2.48. The van der Waals surface area contributed by atoms with Crippen molar-refractivity contribution in [1.82, 2.24) is 4.72 Å². The van der Waals surface area contributed by atoms with Gasteiger partial charge < -0.3 is 5.73 Å². The molecule has 0 saturated heterocycles. The van der Waals surface area contributed by atoms with Crippen LogP contribution in [0.3, 0.4) is 0 Å². The summed E-state index contributed by atoms with van der Waals surface area (Å²) >= 11 is 0. The highest BCUT2D eigenvalue weighted by atomic mass is 35.5. The van der Waals surface area contributed by atoms with Crippen molar-refractivity contribution in [3.05, 3.63) is 29.8 Å². The molecule has 6 heteroatoms. The second-order valence-electron chi connectivity index (χ2n) is 4.46.